The number of nitrogens with one attached hydrogen (secondary N) is 1. The van der Waals surface area contributed by atoms with E-state index >= 15 is 0 Å². The van der Waals surface area contributed by atoms with Crippen molar-refractivity contribution < 1.29 is 13.2 Å². The fourth-order valence-corrected chi connectivity index (χ4v) is 5.06. The highest BCUT2D eigenvalue weighted by Crippen LogP contribution is 2.22. The van der Waals surface area contributed by atoms with E-state index < -0.39 is 10.0 Å². The van der Waals surface area contributed by atoms with E-state index in [1.807, 2.05) is 31.2 Å². The molecule has 7 heteroatoms. The number of piperidine rings is 1. The second-order valence-corrected chi connectivity index (χ2v) is 8.71. The summed E-state index contributed by atoms with van der Waals surface area (Å²) in [5, 5.41) is 3.05. The number of amides is 1. The summed E-state index contributed by atoms with van der Waals surface area (Å²) < 4.78 is 26.3. The van der Waals surface area contributed by atoms with E-state index in [-0.39, 0.29) is 23.7 Å². The predicted octanol–water partition coefficient (Wildman–Crippen LogP) is 1.51. The van der Waals surface area contributed by atoms with Crippen molar-refractivity contribution in [1.82, 2.24) is 9.62 Å². The number of hydrogen-bond acceptors (Lipinski definition) is 4. The first-order valence-corrected chi connectivity index (χ1v) is 10.6. The first-order chi connectivity index (χ1) is 11.9. The van der Waals surface area contributed by atoms with Crippen LogP contribution >= 0.6 is 0 Å². The van der Waals surface area contributed by atoms with E-state index in [0.29, 0.717) is 37.9 Å². The third-order valence-electron chi connectivity index (χ3n) is 4.71. The van der Waals surface area contributed by atoms with Crippen molar-refractivity contribution in [3.63, 3.8) is 0 Å². The number of benzene rings is 1. The zero-order chi connectivity index (χ0) is 18.4. The molecule has 1 fully saturated rings. The molecule has 0 bridgehead atoms. The van der Waals surface area contributed by atoms with Gasteiger partial charge in [0, 0.05) is 24.2 Å². The first-order valence-electron chi connectivity index (χ1n) is 8.96. The van der Waals surface area contributed by atoms with Crippen LogP contribution in [-0.2, 0) is 16.4 Å². The van der Waals surface area contributed by atoms with Gasteiger partial charge in [-0.25, -0.2) is 8.42 Å². The Bertz CT molecular complexity index is 691. The summed E-state index contributed by atoms with van der Waals surface area (Å²) in [6.45, 7) is 4.76. The first kappa shape index (κ1) is 19.9. The van der Waals surface area contributed by atoms with E-state index in [2.05, 4.69) is 12.2 Å². The predicted molar refractivity (Wildman–Crippen MR) is 99.9 cm³/mol. The molecule has 1 aliphatic heterocycles. The highest BCUT2D eigenvalue weighted by Gasteiger charge is 2.33. The maximum absolute atomic E-state index is 12.5. The van der Waals surface area contributed by atoms with Crippen LogP contribution in [0.3, 0.4) is 0 Å². The fourth-order valence-electron chi connectivity index (χ4n) is 3.28. The van der Waals surface area contributed by atoms with Gasteiger partial charge in [0.2, 0.25) is 10.0 Å². The van der Waals surface area contributed by atoms with Crippen LogP contribution in [0.2, 0.25) is 0 Å². The van der Waals surface area contributed by atoms with Crippen molar-refractivity contribution in [1.29, 1.82) is 0 Å². The summed E-state index contributed by atoms with van der Waals surface area (Å²) in [7, 11) is -3.27. The van der Waals surface area contributed by atoms with Gasteiger partial charge in [0.1, 0.15) is 0 Å². The summed E-state index contributed by atoms with van der Waals surface area (Å²) in [6.07, 6.45) is 2.61. The maximum Gasteiger partial charge on any atom is 0.251 e. The monoisotopic (exact) mass is 367 g/mol. The topological polar surface area (TPSA) is 92.5 Å². The molecule has 0 aliphatic carbocycles. The average molecular weight is 368 g/mol. The fraction of sp³-hybridized carbons (Fsp3) is 0.611. The highest BCUT2D eigenvalue weighted by molar-refractivity contribution is 7.89. The van der Waals surface area contributed by atoms with Gasteiger partial charge < -0.3 is 11.1 Å². The molecule has 1 saturated heterocycles. The summed E-state index contributed by atoms with van der Waals surface area (Å²) in [6, 6.07) is 7.49. The third-order valence-corrected chi connectivity index (χ3v) is 6.77. The molecule has 3 N–H and O–H groups in total. The molecule has 1 amide bonds. The van der Waals surface area contributed by atoms with Crippen LogP contribution in [0.5, 0.6) is 0 Å². The lowest BCUT2D eigenvalue weighted by molar-refractivity contribution is 0.0914. The molecular weight excluding hydrogens is 338 g/mol. The van der Waals surface area contributed by atoms with Crippen LogP contribution in [0.4, 0.5) is 0 Å². The highest BCUT2D eigenvalue weighted by atomic mass is 32.2. The van der Waals surface area contributed by atoms with Gasteiger partial charge in [-0.2, -0.15) is 4.31 Å². The van der Waals surface area contributed by atoms with E-state index in [0.717, 1.165) is 12.0 Å². The second-order valence-electron chi connectivity index (χ2n) is 6.67. The normalized spacial score (nSPS) is 21.9. The zero-order valence-corrected chi connectivity index (χ0v) is 15.9. The van der Waals surface area contributed by atoms with Gasteiger partial charge in [0.05, 0.1) is 5.75 Å². The second kappa shape index (κ2) is 8.78. The molecule has 1 aromatic carbocycles. The van der Waals surface area contributed by atoms with Gasteiger partial charge in [-0.15, -0.1) is 0 Å². The Morgan fingerprint density at radius 2 is 2.16 bits per heavy atom. The lowest BCUT2D eigenvalue weighted by atomic mass is 10.00. The summed E-state index contributed by atoms with van der Waals surface area (Å²) in [5.41, 5.74) is 7.21. The Morgan fingerprint density at radius 3 is 2.80 bits per heavy atom. The average Bonchev–Trinajstić information content (AvgIpc) is 2.60. The lowest BCUT2D eigenvalue weighted by Gasteiger charge is -2.37. The maximum atomic E-state index is 12.5. The number of nitrogens with two attached hydrogens (primary N) is 1. The molecule has 25 heavy (non-hydrogen) atoms. The molecule has 0 saturated carbocycles. The number of carbonyl (C=O) groups is 1. The summed E-state index contributed by atoms with van der Waals surface area (Å²) >= 11 is 0. The molecule has 1 aromatic rings. The minimum absolute atomic E-state index is 0.00580. The van der Waals surface area contributed by atoms with Crippen LogP contribution in [-0.4, -0.2) is 49.6 Å². The Hall–Kier alpha value is -1.44. The molecule has 6 nitrogen and oxygen atoms in total. The van der Waals surface area contributed by atoms with E-state index in [9.17, 15) is 13.2 Å². The molecule has 2 rings (SSSR count). The number of aryl methyl sites for hydroxylation is 1. The van der Waals surface area contributed by atoms with Gasteiger partial charge in [0.25, 0.3) is 5.91 Å². The molecule has 1 aliphatic rings. The van der Waals surface area contributed by atoms with Crippen molar-refractivity contribution in [2.24, 2.45) is 5.73 Å². The van der Waals surface area contributed by atoms with Crippen molar-refractivity contribution in [2.75, 3.05) is 18.8 Å². The van der Waals surface area contributed by atoms with Gasteiger partial charge in [-0.3, -0.25) is 4.79 Å². The quantitative estimate of drug-likeness (QED) is 0.764. The SMILES string of the molecule is CCc1cccc(C(=O)N[C@@H]2CCN(S(=O)(=O)CCCN)[C@@H](C)C2)c1. The van der Waals surface area contributed by atoms with Crippen molar-refractivity contribution in [2.45, 2.75) is 51.6 Å². The minimum atomic E-state index is -3.27. The lowest BCUT2D eigenvalue weighted by Crippen LogP contribution is -2.51. The standard InChI is InChI=1S/C18H29N3O3S/c1-3-15-6-4-7-16(13-15)18(22)20-17-8-10-21(14(2)12-17)25(23,24)11-5-9-19/h4,6-7,13-14,17H,3,5,8-12,19H2,1-2H3,(H,20,22)/t14-,17+/m0/s1. The summed E-state index contributed by atoms with van der Waals surface area (Å²) in [5.74, 6) is 0.00114. The molecular formula is C18H29N3O3S. The van der Waals surface area contributed by atoms with Crippen LogP contribution in [0.1, 0.15) is 49.0 Å². The smallest absolute Gasteiger partial charge is 0.251 e. The molecule has 0 radical (unpaired) electrons. The Morgan fingerprint density at radius 1 is 1.40 bits per heavy atom. The van der Waals surface area contributed by atoms with Crippen LogP contribution in [0, 0.1) is 0 Å². The number of sulfonamides is 1. The van der Waals surface area contributed by atoms with Crippen LogP contribution in [0.15, 0.2) is 24.3 Å². The molecule has 2 atom stereocenters. The largest absolute Gasteiger partial charge is 0.349 e. The van der Waals surface area contributed by atoms with Crippen molar-refractivity contribution in [3.8, 4) is 0 Å². The zero-order valence-electron chi connectivity index (χ0n) is 15.1. The Kier molecular flexibility index (Phi) is 6.98. The number of hydrogen-bond donors (Lipinski definition) is 2. The Balaban J connectivity index is 1.95. The van der Waals surface area contributed by atoms with Crippen molar-refractivity contribution >= 4 is 15.9 Å². The van der Waals surface area contributed by atoms with E-state index in [4.69, 9.17) is 5.73 Å². The van der Waals surface area contributed by atoms with Gasteiger partial charge >= 0.3 is 0 Å². The van der Waals surface area contributed by atoms with Gasteiger partial charge in [0.15, 0.2) is 0 Å². The summed E-state index contributed by atoms with van der Waals surface area (Å²) in [4.78, 5) is 12.5. The molecule has 0 spiro atoms. The molecule has 140 valence electrons. The number of carbonyl (C=O) groups excluding carboxylic acids is 1. The van der Waals surface area contributed by atoms with Gasteiger partial charge in [-0.05, 0) is 56.8 Å². The van der Waals surface area contributed by atoms with Crippen LogP contribution < -0.4 is 11.1 Å². The number of rotatable bonds is 7. The van der Waals surface area contributed by atoms with E-state index in [1.165, 1.54) is 0 Å². The third kappa shape index (κ3) is 5.26. The number of nitrogens with zero attached hydrogens (tertiary/aromatic N) is 1. The molecule has 1 heterocycles. The van der Waals surface area contributed by atoms with Crippen LogP contribution in [0.25, 0.3) is 0 Å². The van der Waals surface area contributed by atoms with Crippen molar-refractivity contribution in [3.05, 3.63) is 35.4 Å². The minimum Gasteiger partial charge on any atom is -0.349 e. The Labute approximate surface area is 150 Å². The van der Waals surface area contributed by atoms with E-state index in [1.54, 1.807) is 4.31 Å². The molecule has 0 unspecified atom stereocenters. The molecule has 0 aromatic heterocycles. The van der Waals surface area contributed by atoms with Gasteiger partial charge in [-0.1, -0.05) is 19.1 Å².